The lowest BCUT2D eigenvalue weighted by atomic mass is 11.3. The Hall–Kier alpha value is 1.19. The molecule has 0 saturated carbocycles. The largest absolute Gasteiger partial charge is 0.180 e. The standard InChI is InChI=1S/C2H2Cl2.CHCl3/c1-2(3)4;2-1(3)4/h1H2;1H. The predicted molar refractivity (Wildman–Crippen MR) is 42.2 cm³/mol. The van der Waals surface area contributed by atoms with E-state index in [0.717, 1.165) is 0 Å². The molecule has 0 bridgehead atoms. The van der Waals surface area contributed by atoms with Crippen molar-refractivity contribution in [2.45, 2.75) is 4.30 Å². The third kappa shape index (κ3) is 195. The lowest BCUT2D eigenvalue weighted by Gasteiger charge is -1.69. The summed E-state index contributed by atoms with van der Waals surface area (Å²) in [7, 11) is 0. The molecule has 0 aromatic heterocycles. The number of halogens is 5. The van der Waals surface area contributed by atoms with Crippen LogP contribution in [0.1, 0.15) is 0 Å². The number of hydrogen-bond donors (Lipinski definition) is 0. The Morgan fingerprint density at radius 3 is 1.12 bits per heavy atom. The van der Waals surface area contributed by atoms with Crippen molar-refractivity contribution in [2.24, 2.45) is 0 Å². The van der Waals surface area contributed by atoms with E-state index >= 15 is 0 Å². The minimum atomic E-state index is -0.750. The molecule has 0 unspecified atom stereocenters. The summed E-state index contributed by atoms with van der Waals surface area (Å²) < 4.78 is -0.639. The highest BCUT2D eigenvalue weighted by molar-refractivity contribution is 6.63. The van der Waals surface area contributed by atoms with Crippen LogP contribution in [-0.2, 0) is 0 Å². The van der Waals surface area contributed by atoms with Gasteiger partial charge < -0.3 is 0 Å². The van der Waals surface area contributed by atoms with E-state index in [4.69, 9.17) is 58.0 Å². The highest BCUT2D eigenvalue weighted by Gasteiger charge is 1.78. The summed E-state index contributed by atoms with van der Waals surface area (Å²) in [5.41, 5.74) is 0. The fraction of sp³-hybridized carbons (Fsp3) is 0.333. The van der Waals surface area contributed by atoms with E-state index < -0.39 is 4.30 Å². The molecule has 0 nitrogen and oxygen atoms in total. The van der Waals surface area contributed by atoms with E-state index in [2.05, 4.69) is 6.58 Å². The Bertz CT molecular complexity index is 51.9. The monoisotopic (exact) mass is 214 g/mol. The topological polar surface area (TPSA) is 0 Å². The predicted octanol–water partition coefficient (Wildman–Crippen LogP) is 3.92. The number of rotatable bonds is 0. The van der Waals surface area contributed by atoms with E-state index in [1.54, 1.807) is 0 Å². The minimum absolute atomic E-state index is 0.111. The van der Waals surface area contributed by atoms with Crippen LogP contribution in [-0.4, -0.2) is 4.30 Å². The van der Waals surface area contributed by atoms with Crippen LogP contribution in [0.5, 0.6) is 0 Å². The second-order valence-corrected chi connectivity index (χ2v) is 3.67. The average molecular weight is 216 g/mol. The quantitative estimate of drug-likeness (QED) is 0.538. The van der Waals surface area contributed by atoms with Gasteiger partial charge in [-0.25, -0.2) is 0 Å². The van der Waals surface area contributed by atoms with Crippen LogP contribution in [0.25, 0.3) is 0 Å². The van der Waals surface area contributed by atoms with Crippen LogP contribution in [0, 0.1) is 0 Å². The van der Waals surface area contributed by atoms with Crippen molar-refractivity contribution in [2.75, 3.05) is 0 Å². The van der Waals surface area contributed by atoms with Gasteiger partial charge in [-0.3, -0.25) is 0 Å². The van der Waals surface area contributed by atoms with Crippen molar-refractivity contribution >= 4 is 58.0 Å². The molecule has 0 spiro atoms. The summed E-state index contributed by atoms with van der Waals surface area (Å²) in [6.45, 7) is 3.09. The van der Waals surface area contributed by atoms with Crippen LogP contribution in [0.2, 0.25) is 0 Å². The normalized spacial score (nSPS) is 7.75. The molecule has 0 fully saturated rings. The summed E-state index contributed by atoms with van der Waals surface area (Å²) in [4.78, 5) is 0. The van der Waals surface area contributed by atoms with E-state index in [1.807, 2.05) is 0 Å². The molecule has 50 valence electrons. The first-order valence-electron chi connectivity index (χ1n) is 1.39. The van der Waals surface area contributed by atoms with Gasteiger partial charge in [0, 0.05) is 0 Å². The van der Waals surface area contributed by atoms with Gasteiger partial charge in [0.05, 0.1) is 4.49 Å². The van der Waals surface area contributed by atoms with Crippen molar-refractivity contribution < 1.29 is 0 Å². The first kappa shape index (κ1) is 11.9. The van der Waals surface area contributed by atoms with Gasteiger partial charge in [-0.1, -0.05) is 64.6 Å². The summed E-state index contributed by atoms with van der Waals surface area (Å²) in [5.74, 6) is 0. The van der Waals surface area contributed by atoms with Crippen LogP contribution in [0.3, 0.4) is 0 Å². The molecule has 0 amide bonds. The molecule has 0 aromatic rings. The fourth-order valence-electron chi connectivity index (χ4n) is 0. The van der Waals surface area contributed by atoms with E-state index in [9.17, 15) is 0 Å². The highest BCUT2D eigenvalue weighted by atomic mass is 35.6. The fourth-order valence-corrected chi connectivity index (χ4v) is 0. The number of alkyl halides is 3. The average Bonchev–Trinajstić information content (AvgIpc) is 1.25. The molecule has 0 atom stereocenters. The Labute approximate surface area is 73.3 Å². The molecule has 0 rings (SSSR count). The van der Waals surface area contributed by atoms with E-state index in [-0.39, 0.29) is 4.49 Å². The minimum Gasteiger partial charge on any atom is -0.0874 e. The molecule has 5 heteroatoms. The SMILES string of the molecule is C=C(Cl)Cl.ClC(Cl)Cl. The van der Waals surface area contributed by atoms with Crippen molar-refractivity contribution in [3.05, 3.63) is 11.1 Å². The lowest BCUT2D eigenvalue weighted by molar-refractivity contribution is 1.96. The van der Waals surface area contributed by atoms with Gasteiger partial charge in [-0.15, -0.1) is 0 Å². The van der Waals surface area contributed by atoms with Crippen LogP contribution >= 0.6 is 58.0 Å². The molecular formula is C3H3Cl5. The molecule has 0 aliphatic heterocycles. The second-order valence-electron chi connectivity index (χ2n) is 0.586. The van der Waals surface area contributed by atoms with Gasteiger partial charge in [0.15, 0.2) is 4.30 Å². The Morgan fingerprint density at radius 1 is 1.12 bits per heavy atom. The van der Waals surface area contributed by atoms with Crippen LogP contribution in [0.4, 0.5) is 0 Å². The maximum atomic E-state index is 4.85. The maximum Gasteiger partial charge on any atom is 0.180 e. The third-order valence-electron chi connectivity index (χ3n) is 0. The van der Waals surface area contributed by atoms with Gasteiger partial charge in [-0.2, -0.15) is 0 Å². The van der Waals surface area contributed by atoms with Gasteiger partial charge >= 0.3 is 0 Å². The number of hydrogen-bond acceptors (Lipinski definition) is 0. The van der Waals surface area contributed by atoms with Crippen LogP contribution < -0.4 is 0 Å². The van der Waals surface area contributed by atoms with Crippen LogP contribution in [0.15, 0.2) is 11.1 Å². The van der Waals surface area contributed by atoms with Crippen molar-refractivity contribution in [3.63, 3.8) is 0 Å². The Kier molecular flexibility index (Phi) is 12.2. The van der Waals surface area contributed by atoms with Gasteiger partial charge in [0.1, 0.15) is 0 Å². The molecule has 0 aliphatic carbocycles. The smallest absolute Gasteiger partial charge is 0.0874 e. The molecule has 0 aliphatic rings. The van der Waals surface area contributed by atoms with Gasteiger partial charge in [0.2, 0.25) is 0 Å². The van der Waals surface area contributed by atoms with Crippen molar-refractivity contribution in [1.29, 1.82) is 0 Å². The zero-order valence-corrected chi connectivity index (χ0v) is 7.45. The molecule has 0 saturated heterocycles. The molecular weight excluding hydrogens is 213 g/mol. The Balaban J connectivity index is 0. The zero-order chi connectivity index (χ0) is 7.15. The van der Waals surface area contributed by atoms with Gasteiger partial charge in [0.25, 0.3) is 0 Å². The summed E-state index contributed by atoms with van der Waals surface area (Å²) >= 11 is 24.1. The first-order valence-corrected chi connectivity index (χ1v) is 3.45. The second kappa shape index (κ2) is 8.19. The summed E-state index contributed by atoms with van der Waals surface area (Å²) in [6.07, 6.45) is 0. The molecule has 0 aromatic carbocycles. The summed E-state index contributed by atoms with van der Waals surface area (Å²) in [5, 5.41) is 0. The highest BCUT2D eigenvalue weighted by Crippen LogP contribution is 2.03. The van der Waals surface area contributed by atoms with E-state index in [1.165, 1.54) is 0 Å². The third-order valence-corrected chi connectivity index (χ3v) is 0. The maximum absolute atomic E-state index is 4.85. The molecule has 0 N–H and O–H groups in total. The van der Waals surface area contributed by atoms with Crippen molar-refractivity contribution in [3.8, 4) is 0 Å². The molecule has 0 radical (unpaired) electrons. The van der Waals surface area contributed by atoms with E-state index in [0.29, 0.717) is 0 Å². The summed E-state index contributed by atoms with van der Waals surface area (Å²) in [6, 6.07) is 0. The zero-order valence-electron chi connectivity index (χ0n) is 3.67. The van der Waals surface area contributed by atoms with Gasteiger partial charge in [-0.05, 0) is 0 Å². The molecule has 0 heterocycles. The first-order chi connectivity index (χ1) is 3.46. The van der Waals surface area contributed by atoms with Crippen molar-refractivity contribution in [1.82, 2.24) is 0 Å². The lowest BCUT2D eigenvalue weighted by Crippen LogP contribution is -1.55. The molecule has 8 heavy (non-hydrogen) atoms. The Morgan fingerprint density at radius 2 is 1.12 bits per heavy atom.